The normalized spacial score (nSPS) is 21.1. The van der Waals surface area contributed by atoms with E-state index in [4.69, 9.17) is 9.16 Å². The summed E-state index contributed by atoms with van der Waals surface area (Å²) in [5, 5.41) is 0. The second kappa shape index (κ2) is 8.99. The molecule has 1 saturated heterocycles. The predicted octanol–water partition coefficient (Wildman–Crippen LogP) is 4.43. The van der Waals surface area contributed by atoms with Gasteiger partial charge in [-0.25, -0.2) is 9.69 Å². The van der Waals surface area contributed by atoms with Crippen LogP contribution in [0, 0.1) is 11.8 Å². The molecule has 2 amide bonds. The fourth-order valence-corrected chi connectivity index (χ4v) is 4.39. The third-order valence-corrected chi connectivity index (χ3v) is 5.46. The van der Waals surface area contributed by atoms with E-state index < -0.39 is 14.4 Å². The van der Waals surface area contributed by atoms with Gasteiger partial charge in [0.15, 0.2) is 8.32 Å². The summed E-state index contributed by atoms with van der Waals surface area (Å²) in [6.07, 6.45) is 2.88. The Balaban J connectivity index is 3.04. The summed E-state index contributed by atoms with van der Waals surface area (Å²) in [7, 11) is -1.77. The van der Waals surface area contributed by atoms with Crippen LogP contribution in [0.2, 0.25) is 19.6 Å². The first-order valence-electron chi connectivity index (χ1n) is 9.30. The van der Waals surface area contributed by atoms with Crippen molar-refractivity contribution in [3.63, 3.8) is 0 Å². The van der Waals surface area contributed by atoms with Crippen LogP contribution in [0.5, 0.6) is 0 Å². The molecule has 140 valence electrons. The van der Waals surface area contributed by atoms with E-state index >= 15 is 0 Å². The predicted molar refractivity (Wildman–Crippen MR) is 98.3 cm³/mol. The molecule has 24 heavy (non-hydrogen) atoms. The van der Waals surface area contributed by atoms with Crippen LogP contribution in [0.15, 0.2) is 0 Å². The lowest BCUT2D eigenvalue weighted by molar-refractivity contribution is -0.137. The lowest BCUT2D eigenvalue weighted by atomic mass is 9.91. The molecule has 0 aliphatic carbocycles. The highest BCUT2D eigenvalue weighted by Gasteiger charge is 2.44. The van der Waals surface area contributed by atoms with Crippen molar-refractivity contribution in [2.24, 2.45) is 11.8 Å². The summed E-state index contributed by atoms with van der Waals surface area (Å²) >= 11 is 0. The highest BCUT2D eigenvalue weighted by Crippen LogP contribution is 2.29. The van der Waals surface area contributed by atoms with Crippen molar-refractivity contribution in [1.29, 1.82) is 0 Å². The Morgan fingerprint density at radius 2 is 1.96 bits per heavy atom. The quantitative estimate of drug-likeness (QED) is 0.573. The van der Waals surface area contributed by atoms with Gasteiger partial charge in [0.1, 0.15) is 6.61 Å². The molecule has 1 unspecified atom stereocenters. The molecule has 0 radical (unpaired) electrons. The van der Waals surface area contributed by atoms with Crippen molar-refractivity contribution in [3.8, 4) is 0 Å². The highest BCUT2D eigenvalue weighted by molar-refractivity contribution is 6.69. The van der Waals surface area contributed by atoms with Gasteiger partial charge in [-0.2, -0.15) is 0 Å². The Morgan fingerprint density at radius 3 is 2.42 bits per heavy atom. The van der Waals surface area contributed by atoms with E-state index in [0.29, 0.717) is 6.61 Å². The molecule has 0 N–H and O–H groups in total. The molecule has 0 aromatic rings. The van der Waals surface area contributed by atoms with Gasteiger partial charge in [0.05, 0.1) is 18.1 Å². The minimum Gasteiger partial charge on any atom is -0.447 e. The first-order valence-corrected chi connectivity index (χ1v) is 12.7. The summed E-state index contributed by atoms with van der Waals surface area (Å²) in [6, 6.07) is -0.168. The van der Waals surface area contributed by atoms with Gasteiger partial charge in [-0.15, -0.1) is 0 Å². The molecule has 1 fully saturated rings. The zero-order valence-corrected chi connectivity index (χ0v) is 17.4. The molecule has 3 atom stereocenters. The number of rotatable bonds is 9. The second-order valence-corrected chi connectivity index (χ2v) is 12.5. The standard InChI is InChI=1S/C18H35NO4Si/c1-8-10-11-14(16(9-2)23-24(5,6)7)17(20)19-15(13(3)4)12-22-18(19)21/h13-16H,8-12H2,1-7H3/t14-,15?,16-/m1/s1. The molecule has 0 aromatic carbocycles. The van der Waals surface area contributed by atoms with Gasteiger partial charge in [0.2, 0.25) is 5.91 Å². The third-order valence-electron chi connectivity index (χ3n) is 4.45. The zero-order valence-electron chi connectivity index (χ0n) is 16.4. The topological polar surface area (TPSA) is 55.8 Å². The first kappa shape index (κ1) is 21.2. The molecule has 1 aliphatic heterocycles. The van der Waals surface area contributed by atoms with Gasteiger partial charge in [0, 0.05) is 0 Å². The van der Waals surface area contributed by atoms with Crippen LogP contribution in [0.1, 0.15) is 53.4 Å². The van der Waals surface area contributed by atoms with Crippen molar-refractivity contribution in [3.05, 3.63) is 0 Å². The maximum absolute atomic E-state index is 13.2. The number of nitrogens with zero attached hydrogens (tertiary/aromatic N) is 1. The largest absolute Gasteiger partial charge is 0.447 e. The monoisotopic (exact) mass is 357 g/mol. The number of imide groups is 1. The van der Waals surface area contributed by atoms with Crippen molar-refractivity contribution < 1.29 is 18.8 Å². The average molecular weight is 358 g/mol. The average Bonchev–Trinajstić information content (AvgIpc) is 2.86. The SMILES string of the molecule is CCCC[C@@H](C(=O)N1C(=O)OCC1C(C)C)[C@@H](CC)O[Si](C)(C)C. The van der Waals surface area contributed by atoms with E-state index in [1.807, 2.05) is 13.8 Å². The van der Waals surface area contributed by atoms with E-state index in [1.165, 1.54) is 4.90 Å². The van der Waals surface area contributed by atoms with E-state index in [9.17, 15) is 9.59 Å². The van der Waals surface area contributed by atoms with Crippen LogP contribution in [0.4, 0.5) is 4.79 Å². The molecule has 6 heteroatoms. The van der Waals surface area contributed by atoms with Crippen molar-refractivity contribution in [2.75, 3.05) is 6.61 Å². The highest BCUT2D eigenvalue weighted by atomic mass is 28.4. The Morgan fingerprint density at radius 1 is 1.33 bits per heavy atom. The molecule has 1 aliphatic rings. The number of amides is 2. The molecule has 5 nitrogen and oxygen atoms in total. The minimum atomic E-state index is -1.77. The Hall–Kier alpha value is -0.883. The lowest BCUT2D eigenvalue weighted by Crippen LogP contribution is -2.49. The molecule has 0 aromatic heterocycles. The number of unbranched alkanes of at least 4 members (excludes halogenated alkanes) is 1. The number of hydrogen-bond acceptors (Lipinski definition) is 4. The maximum atomic E-state index is 13.2. The Bertz CT molecular complexity index is 433. The number of carbonyl (C=O) groups excluding carboxylic acids is 2. The number of cyclic esters (lactones) is 1. The lowest BCUT2D eigenvalue weighted by Gasteiger charge is -2.34. The van der Waals surface area contributed by atoms with E-state index in [1.54, 1.807) is 0 Å². The Labute approximate surface area is 148 Å². The smallest absolute Gasteiger partial charge is 0.416 e. The second-order valence-electron chi connectivity index (χ2n) is 8.02. The molecule has 0 bridgehead atoms. The molecular formula is C18H35NO4Si. The summed E-state index contributed by atoms with van der Waals surface area (Å²) in [4.78, 5) is 26.7. The molecule has 0 saturated carbocycles. The van der Waals surface area contributed by atoms with Gasteiger partial charge in [-0.05, 0) is 38.4 Å². The molecular weight excluding hydrogens is 322 g/mol. The molecule has 0 spiro atoms. The van der Waals surface area contributed by atoms with Crippen LogP contribution in [-0.4, -0.2) is 44.0 Å². The van der Waals surface area contributed by atoms with Gasteiger partial charge in [-0.3, -0.25) is 4.79 Å². The van der Waals surface area contributed by atoms with Gasteiger partial charge in [-0.1, -0.05) is 40.5 Å². The van der Waals surface area contributed by atoms with Crippen LogP contribution in [0.3, 0.4) is 0 Å². The number of carbonyl (C=O) groups is 2. The van der Waals surface area contributed by atoms with Crippen LogP contribution < -0.4 is 0 Å². The van der Waals surface area contributed by atoms with Crippen LogP contribution in [0.25, 0.3) is 0 Å². The van der Waals surface area contributed by atoms with E-state index in [0.717, 1.165) is 25.7 Å². The maximum Gasteiger partial charge on any atom is 0.416 e. The van der Waals surface area contributed by atoms with Crippen molar-refractivity contribution in [2.45, 2.75) is 85.2 Å². The fourth-order valence-electron chi connectivity index (χ4n) is 3.16. The summed E-state index contributed by atoms with van der Waals surface area (Å²) < 4.78 is 11.5. The third kappa shape index (κ3) is 5.58. The summed E-state index contributed by atoms with van der Waals surface area (Å²) in [6.45, 7) is 14.9. The molecule has 1 rings (SSSR count). The van der Waals surface area contributed by atoms with Crippen molar-refractivity contribution >= 4 is 20.3 Å². The van der Waals surface area contributed by atoms with Crippen molar-refractivity contribution in [1.82, 2.24) is 4.90 Å². The summed E-state index contributed by atoms with van der Waals surface area (Å²) in [5.74, 6) is -0.200. The number of hydrogen-bond donors (Lipinski definition) is 0. The van der Waals surface area contributed by atoms with Gasteiger partial charge < -0.3 is 9.16 Å². The molecule has 1 heterocycles. The van der Waals surface area contributed by atoms with Crippen LogP contribution in [-0.2, 0) is 14.0 Å². The van der Waals surface area contributed by atoms with E-state index in [2.05, 4.69) is 33.5 Å². The van der Waals surface area contributed by atoms with Crippen LogP contribution >= 0.6 is 0 Å². The Kier molecular flexibility index (Phi) is 7.93. The van der Waals surface area contributed by atoms with Gasteiger partial charge in [0.25, 0.3) is 0 Å². The fraction of sp³-hybridized carbons (Fsp3) is 0.889. The first-order chi connectivity index (χ1) is 11.1. The minimum absolute atomic E-state index is 0.116. The zero-order chi connectivity index (χ0) is 18.5. The van der Waals surface area contributed by atoms with E-state index in [-0.39, 0.29) is 29.9 Å². The summed E-state index contributed by atoms with van der Waals surface area (Å²) in [5.41, 5.74) is 0. The van der Waals surface area contributed by atoms with Gasteiger partial charge >= 0.3 is 6.09 Å². The number of ether oxygens (including phenoxy) is 1.